The van der Waals surface area contributed by atoms with Gasteiger partial charge in [0, 0.05) is 61.7 Å². The molecule has 1 aliphatic carbocycles. The molecular weight excluding hydrogens is 571 g/mol. The van der Waals surface area contributed by atoms with E-state index >= 15 is 0 Å². The highest BCUT2D eigenvalue weighted by Crippen LogP contribution is 2.39. The molecule has 1 fully saturated rings. The van der Waals surface area contributed by atoms with Crippen LogP contribution in [0.1, 0.15) is 52.0 Å². The number of pyridine rings is 2. The molecule has 0 spiro atoms. The Labute approximate surface area is 253 Å². The molecule has 3 aromatic rings. The van der Waals surface area contributed by atoms with Crippen LogP contribution >= 0.6 is 0 Å². The first-order valence-corrected chi connectivity index (χ1v) is 14.1. The van der Waals surface area contributed by atoms with E-state index in [0.717, 1.165) is 58.9 Å². The number of hydrogen-bond acceptors (Lipinski definition) is 6. The monoisotopic (exact) mass is 603 g/mol. The maximum Gasteiger partial charge on any atom is 0.433 e. The van der Waals surface area contributed by atoms with E-state index < -0.39 is 17.8 Å². The highest BCUT2D eigenvalue weighted by molar-refractivity contribution is 6.04. The van der Waals surface area contributed by atoms with Gasteiger partial charge in [-0.2, -0.15) is 13.2 Å². The first kappa shape index (κ1) is 30.7. The summed E-state index contributed by atoms with van der Waals surface area (Å²) < 4.78 is 45.1. The molecule has 2 N–H and O–H groups in total. The minimum atomic E-state index is -4.66. The minimum absolute atomic E-state index is 0.151. The Kier molecular flexibility index (Phi) is 8.96. The normalized spacial score (nSPS) is 17.3. The Hall–Kier alpha value is -4.77. The van der Waals surface area contributed by atoms with Gasteiger partial charge in [0.05, 0.1) is 13.2 Å². The zero-order chi connectivity index (χ0) is 31.4. The molecule has 0 radical (unpaired) electrons. The maximum atomic E-state index is 13.2. The Balaban J connectivity index is 1.53. The summed E-state index contributed by atoms with van der Waals surface area (Å²) in [5, 5.41) is 5.47. The molecule has 2 aromatic heterocycles. The molecule has 2 aliphatic rings. The summed E-state index contributed by atoms with van der Waals surface area (Å²) in [4.78, 5) is 34.5. The number of aryl methyl sites for hydroxylation is 1. The summed E-state index contributed by atoms with van der Waals surface area (Å²) in [6.07, 6.45) is 2.79. The first-order chi connectivity index (χ1) is 21.0. The third-order valence-corrected chi connectivity index (χ3v) is 7.50. The van der Waals surface area contributed by atoms with E-state index in [1.807, 2.05) is 31.2 Å². The predicted octanol–water partition coefficient (Wildman–Crippen LogP) is 6.36. The lowest BCUT2D eigenvalue weighted by atomic mass is 9.88. The molecule has 1 aliphatic heterocycles. The average molecular weight is 604 g/mol. The van der Waals surface area contributed by atoms with Gasteiger partial charge in [-0.25, -0.2) is 4.98 Å². The van der Waals surface area contributed by atoms with E-state index in [-0.39, 0.29) is 17.4 Å². The standard InChI is InChI=1S/C33H32F3N5O3/c1-20-4-5-26(40-32(43)24-7-8-37-30(17-24)33(34,35)36)19-29(20)25-15-27(41-10-12-44-13-11-41)14-21(2)28(16-25)23-6-9-38-31(18-23)39-22(3)42/h4-9,15-19,28H,2,10-14H2,1,3H3,(H,40,43)(H,38,39,42). The molecule has 228 valence electrons. The Morgan fingerprint density at radius 2 is 1.77 bits per heavy atom. The lowest BCUT2D eigenvalue weighted by Gasteiger charge is -2.31. The predicted molar refractivity (Wildman–Crippen MR) is 162 cm³/mol. The quantitative estimate of drug-likeness (QED) is 0.319. The summed E-state index contributed by atoms with van der Waals surface area (Å²) >= 11 is 0. The van der Waals surface area contributed by atoms with E-state index in [9.17, 15) is 22.8 Å². The van der Waals surface area contributed by atoms with Gasteiger partial charge < -0.3 is 20.3 Å². The molecule has 2 amide bonds. The molecule has 0 saturated carbocycles. The summed E-state index contributed by atoms with van der Waals surface area (Å²) in [5.41, 5.74) is 4.76. The summed E-state index contributed by atoms with van der Waals surface area (Å²) in [6, 6.07) is 11.1. The molecule has 1 aromatic carbocycles. The number of nitrogens with zero attached hydrogens (tertiary/aromatic N) is 3. The summed E-state index contributed by atoms with van der Waals surface area (Å²) in [7, 11) is 0. The van der Waals surface area contributed by atoms with Gasteiger partial charge >= 0.3 is 6.18 Å². The second-order valence-electron chi connectivity index (χ2n) is 10.7. The number of aromatic nitrogens is 2. The average Bonchev–Trinajstić information content (AvgIpc) is 3.17. The van der Waals surface area contributed by atoms with Crippen molar-refractivity contribution >= 4 is 28.9 Å². The van der Waals surface area contributed by atoms with Crippen molar-refractivity contribution in [3.8, 4) is 0 Å². The molecule has 8 nitrogen and oxygen atoms in total. The molecule has 11 heteroatoms. The van der Waals surface area contributed by atoms with Crippen molar-refractivity contribution in [3.05, 3.63) is 113 Å². The van der Waals surface area contributed by atoms with Crippen molar-refractivity contribution in [2.45, 2.75) is 32.4 Å². The molecular formula is C33H32F3N5O3. The van der Waals surface area contributed by atoms with Gasteiger partial charge in [-0.1, -0.05) is 24.3 Å². The van der Waals surface area contributed by atoms with E-state index in [0.29, 0.717) is 31.1 Å². The van der Waals surface area contributed by atoms with Gasteiger partial charge in [0.25, 0.3) is 5.91 Å². The topological polar surface area (TPSA) is 96.4 Å². The number of nitrogens with one attached hydrogen (secondary N) is 2. The van der Waals surface area contributed by atoms with Crippen LogP contribution in [-0.4, -0.2) is 53.0 Å². The molecule has 5 rings (SSSR count). The van der Waals surface area contributed by atoms with Gasteiger partial charge in [0.2, 0.25) is 5.91 Å². The zero-order valence-electron chi connectivity index (χ0n) is 24.4. The summed E-state index contributed by atoms with van der Waals surface area (Å²) in [5.74, 6) is -0.682. The number of ether oxygens (including phenoxy) is 1. The Morgan fingerprint density at radius 1 is 1.02 bits per heavy atom. The third-order valence-electron chi connectivity index (χ3n) is 7.50. The number of allylic oxidation sites excluding steroid dienone is 4. The van der Waals surface area contributed by atoms with Crippen LogP contribution in [0.3, 0.4) is 0 Å². The molecule has 44 heavy (non-hydrogen) atoms. The van der Waals surface area contributed by atoms with Crippen LogP contribution < -0.4 is 10.6 Å². The van der Waals surface area contributed by atoms with Crippen molar-refractivity contribution < 1.29 is 27.5 Å². The van der Waals surface area contributed by atoms with Crippen LogP contribution in [0.4, 0.5) is 24.7 Å². The molecule has 1 atom stereocenters. The highest BCUT2D eigenvalue weighted by Gasteiger charge is 2.33. The fourth-order valence-corrected chi connectivity index (χ4v) is 5.30. The van der Waals surface area contributed by atoms with Gasteiger partial charge in [-0.3, -0.25) is 14.6 Å². The number of carbonyl (C=O) groups excluding carboxylic acids is 2. The number of hydrogen-bond donors (Lipinski definition) is 2. The number of morpholine rings is 1. The van der Waals surface area contributed by atoms with E-state index in [1.165, 1.54) is 13.0 Å². The number of amides is 2. The largest absolute Gasteiger partial charge is 0.433 e. The fourth-order valence-electron chi connectivity index (χ4n) is 5.30. The van der Waals surface area contributed by atoms with Crippen molar-refractivity contribution in [3.63, 3.8) is 0 Å². The van der Waals surface area contributed by atoms with Crippen molar-refractivity contribution in [2.24, 2.45) is 0 Å². The highest BCUT2D eigenvalue weighted by atomic mass is 19.4. The van der Waals surface area contributed by atoms with Crippen LogP contribution in [0, 0.1) is 6.92 Å². The van der Waals surface area contributed by atoms with Gasteiger partial charge in [-0.05, 0) is 71.7 Å². The SMILES string of the molecule is C=C1CC(N2CCOCC2)=CC(c2cc(NC(=O)c3ccnc(C(F)(F)F)c3)ccc2C)=CC1c1ccnc(NC(C)=O)c1. The van der Waals surface area contributed by atoms with Crippen LogP contribution in [-0.2, 0) is 15.7 Å². The number of anilines is 2. The van der Waals surface area contributed by atoms with E-state index in [4.69, 9.17) is 4.74 Å². The molecule has 3 heterocycles. The Morgan fingerprint density at radius 3 is 2.50 bits per heavy atom. The molecule has 1 unspecified atom stereocenters. The number of alkyl halides is 3. The lowest BCUT2D eigenvalue weighted by molar-refractivity contribution is -0.141. The van der Waals surface area contributed by atoms with Crippen LogP contribution in [0.15, 0.2) is 84.9 Å². The van der Waals surface area contributed by atoms with Crippen LogP contribution in [0.25, 0.3) is 5.57 Å². The van der Waals surface area contributed by atoms with Crippen molar-refractivity contribution in [2.75, 3.05) is 36.9 Å². The van der Waals surface area contributed by atoms with Gasteiger partial charge in [-0.15, -0.1) is 0 Å². The second-order valence-corrected chi connectivity index (χ2v) is 10.7. The van der Waals surface area contributed by atoms with Crippen molar-refractivity contribution in [1.29, 1.82) is 0 Å². The van der Waals surface area contributed by atoms with Crippen molar-refractivity contribution in [1.82, 2.24) is 14.9 Å². The fraction of sp³-hybridized carbons (Fsp3) is 0.273. The molecule has 0 bridgehead atoms. The van der Waals surface area contributed by atoms with Crippen LogP contribution in [0.2, 0.25) is 0 Å². The lowest BCUT2D eigenvalue weighted by Crippen LogP contribution is -2.35. The molecule has 1 saturated heterocycles. The summed E-state index contributed by atoms with van der Waals surface area (Å²) in [6.45, 7) is 10.5. The number of benzene rings is 1. The van der Waals surface area contributed by atoms with Gasteiger partial charge in [0.1, 0.15) is 11.5 Å². The number of rotatable bonds is 6. The first-order valence-electron chi connectivity index (χ1n) is 14.1. The number of carbonyl (C=O) groups is 2. The smallest absolute Gasteiger partial charge is 0.378 e. The number of halogens is 3. The second kappa shape index (κ2) is 12.8. The van der Waals surface area contributed by atoms with Crippen LogP contribution in [0.5, 0.6) is 0 Å². The van der Waals surface area contributed by atoms with E-state index in [2.05, 4.69) is 44.2 Å². The maximum absolute atomic E-state index is 13.2. The minimum Gasteiger partial charge on any atom is -0.378 e. The zero-order valence-corrected chi connectivity index (χ0v) is 24.4. The van der Waals surface area contributed by atoms with E-state index in [1.54, 1.807) is 12.3 Å². The third kappa shape index (κ3) is 7.23. The van der Waals surface area contributed by atoms with Gasteiger partial charge in [0.15, 0.2) is 0 Å². The Bertz CT molecular complexity index is 1660.